The number of esters is 4. The van der Waals surface area contributed by atoms with E-state index in [2.05, 4.69) is 6.07 Å². The van der Waals surface area contributed by atoms with Crippen molar-refractivity contribution in [3.63, 3.8) is 0 Å². The lowest BCUT2D eigenvalue weighted by atomic mass is 10.1. The Morgan fingerprint density at radius 3 is 1.48 bits per heavy atom. The zero-order valence-electron chi connectivity index (χ0n) is 29.0. The molecule has 0 spiro atoms. The fraction of sp³-hybridized carbons (Fsp3) is 0.359. The summed E-state index contributed by atoms with van der Waals surface area (Å²) in [6.07, 6.45) is -0.597. The Labute approximate surface area is 313 Å². The molecule has 274 valence electrons. The van der Waals surface area contributed by atoms with Crippen molar-refractivity contribution in [1.82, 2.24) is 4.90 Å². The van der Waals surface area contributed by atoms with Crippen molar-refractivity contribution in [3.8, 4) is 6.07 Å². The first-order valence-electron chi connectivity index (χ1n) is 16.7. The van der Waals surface area contributed by atoms with Crippen LogP contribution in [0.4, 0.5) is 0 Å². The Morgan fingerprint density at radius 1 is 0.654 bits per heavy atom. The number of nitriles is 1. The molecule has 3 aromatic carbocycles. The predicted octanol–water partition coefficient (Wildman–Crippen LogP) is 6.12. The number of nitrogens with zero attached hydrogens (tertiary/aromatic N) is 2. The largest absolute Gasteiger partial charge is 0.464 e. The van der Waals surface area contributed by atoms with Gasteiger partial charge in [-0.25, -0.2) is 0 Å². The van der Waals surface area contributed by atoms with Crippen LogP contribution in [0.3, 0.4) is 0 Å². The molecule has 13 heteroatoms. The van der Waals surface area contributed by atoms with E-state index in [9.17, 15) is 29.2 Å². The van der Waals surface area contributed by atoms with E-state index in [1.807, 2.05) is 91.0 Å². The van der Waals surface area contributed by atoms with Crippen LogP contribution in [-0.4, -0.2) is 69.9 Å². The topological polar surface area (TPSA) is 149 Å². The molecule has 3 rings (SSSR count). The molecule has 0 N–H and O–H groups in total. The third-order valence-electron chi connectivity index (χ3n) is 7.53. The smallest absolute Gasteiger partial charge is 0.306 e. The van der Waals surface area contributed by atoms with Crippen LogP contribution in [0, 0.1) is 11.3 Å². The molecule has 0 aromatic heterocycles. The minimum atomic E-state index is -1.00. The molecule has 0 aliphatic heterocycles. The molecule has 0 bridgehead atoms. The van der Waals surface area contributed by atoms with Gasteiger partial charge in [0.1, 0.15) is 31.2 Å². The second-order valence-electron chi connectivity index (χ2n) is 11.7. The Hall–Kier alpha value is -5.06. The average Bonchev–Trinajstić information content (AvgIpc) is 3.17. The summed E-state index contributed by atoms with van der Waals surface area (Å²) in [5.74, 6) is -2.73. The number of rotatable bonds is 21. The van der Waals surface area contributed by atoms with Gasteiger partial charge in [0.15, 0.2) is 0 Å². The van der Waals surface area contributed by atoms with Gasteiger partial charge in [0.2, 0.25) is 5.91 Å². The van der Waals surface area contributed by atoms with Crippen LogP contribution >= 0.6 is 24.0 Å². The highest BCUT2D eigenvalue weighted by molar-refractivity contribution is 8.24. The molecule has 52 heavy (non-hydrogen) atoms. The van der Waals surface area contributed by atoms with E-state index in [0.29, 0.717) is 4.20 Å². The highest BCUT2D eigenvalue weighted by atomic mass is 32.2. The first kappa shape index (κ1) is 41.4. The molecule has 0 fully saturated rings. The number of thioether (sulfide) groups is 1. The molecule has 0 saturated heterocycles. The second-order valence-corrected chi connectivity index (χ2v) is 13.9. The number of hydrogen-bond donors (Lipinski definition) is 0. The third-order valence-corrected chi connectivity index (χ3v) is 9.19. The monoisotopic (exact) mass is 746 g/mol. The summed E-state index contributed by atoms with van der Waals surface area (Å²) in [5, 5.41) is 9.96. The molecule has 0 saturated carbocycles. The molecule has 1 atom stereocenters. The number of carbonyl (C=O) groups is 5. The first-order valence-corrected chi connectivity index (χ1v) is 18.0. The fourth-order valence-electron chi connectivity index (χ4n) is 4.54. The summed E-state index contributed by atoms with van der Waals surface area (Å²) in [6, 6.07) is 29.8. The van der Waals surface area contributed by atoms with Gasteiger partial charge in [0, 0.05) is 6.42 Å². The number of carbonyl (C=O) groups excluding carboxylic acids is 5. The van der Waals surface area contributed by atoms with E-state index < -0.39 is 28.6 Å². The Balaban J connectivity index is 1.48. The van der Waals surface area contributed by atoms with Crippen LogP contribution in [0.25, 0.3) is 0 Å². The summed E-state index contributed by atoms with van der Waals surface area (Å²) < 4.78 is 20.5. The Morgan fingerprint density at radius 2 is 1.06 bits per heavy atom. The Bertz CT molecular complexity index is 1590. The normalized spacial score (nSPS) is 11.6. The van der Waals surface area contributed by atoms with Crippen molar-refractivity contribution in [2.24, 2.45) is 0 Å². The molecule has 1 unspecified atom stereocenters. The maximum absolute atomic E-state index is 13.4. The summed E-state index contributed by atoms with van der Waals surface area (Å²) in [7, 11) is 0. The van der Waals surface area contributed by atoms with Crippen molar-refractivity contribution in [3.05, 3.63) is 108 Å². The van der Waals surface area contributed by atoms with Gasteiger partial charge in [0.05, 0.1) is 49.0 Å². The molecular weight excluding hydrogens is 705 g/mol. The van der Waals surface area contributed by atoms with Gasteiger partial charge >= 0.3 is 23.9 Å². The summed E-state index contributed by atoms with van der Waals surface area (Å²) >= 11 is 6.74. The van der Waals surface area contributed by atoms with E-state index in [1.54, 1.807) is 6.92 Å². The van der Waals surface area contributed by atoms with Gasteiger partial charge in [0.25, 0.3) is 0 Å². The number of benzene rings is 3. The average molecular weight is 747 g/mol. The van der Waals surface area contributed by atoms with Crippen molar-refractivity contribution in [2.75, 3.05) is 26.3 Å². The lowest BCUT2D eigenvalue weighted by molar-refractivity contribution is -0.152. The van der Waals surface area contributed by atoms with Crippen molar-refractivity contribution in [1.29, 1.82) is 5.26 Å². The van der Waals surface area contributed by atoms with Crippen molar-refractivity contribution in [2.45, 2.75) is 63.4 Å². The van der Waals surface area contributed by atoms with E-state index >= 15 is 0 Å². The van der Waals surface area contributed by atoms with E-state index in [4.69, 9.17) is 31.2 Å². The fourth-order valence-corrected chi connectivity index (χ4v) is 6.15. The van der Waals surface area contributed by atoms with Crippen LogP contribution in [0.5, 0.6) is 0 Å². The van der Waals surface area contributed by atoms with Crippen LogP contribution in [0.15, 0.2) is 91.0 Å². The standard InChI is InChI=1S/C39H42N2O9S2/c1-39(29-40,52-38(51)32-15-9-4-10-16-32)22-21-33(42)41(23-25-47-34(43)17-19-36(45)49-27-30-11-5-2-6-12-30)24-26-48-35(44)18-20-37(46)50-28-31-13-7-3-8-14-31/h2-16H,17-28H2,1H3. The van der Waals surface area contributed by atoms with Crippen LogP contribution in [0.1, 0.15) is 62.1 Å². The minimum Gasteiger partial charge on any atom is -0.464 e. The van der Waals surface area contributed by atoms with Gasteiger partial charge in [-0.3, -0.25) is 24.0 Å². The van der Waals surface area contributed by atoms with Gasteiger partial charge in [-0.2, -0.15) is 5.26 Å². The first-order chi connectivity index (χ1) is 25.1. The van der Waals surface area contributed by atoms with Crippen LogP contribution in [0.2, 0.25) is 0 Å². The van der Waals surface area contributed by atoms with Gasteiger partial charge in [-0.05, 0) is 30.0 Å². The molecular formula is C39H42N2O9S2. The summed E-state index contributed by atoms with van der Waals surface area (Å²) in [5.41, 5.74) is 2.44. The maximum atomic E-state index is 13.4. The maximum Gasteiger partial charge on any atom is 0.306 e. The number of ether oxygens (including phenoxy) is 4. The lowest BCUT2D eigenvalue weighted by Crippen LogP contribution is -2.38. The molecule has 0 radical (unpaired) electrons. The third kappa shape index (κ3) is 16.3. The number of thiocarbonyl (C=S) groups is 1. The van der Waals surface area contributed by atoms with Gasteiger partial charge < -0.3 is 23.8 Å². The van der Waals surface area contributed by atoms with E-state index in [-0.39, 0.29) is 83.9 Å². The SMILES string of the molecule is CC(C#N)(CCC(=O)N(CCOC(=O)CCC(=O)OCc1ccccc1)CCOC(=O)CCC(=O)OCc1ccccc1)SC(=S)c1ccccc1. The highest BCUT2D eigenvalue weighted by Crippen LogP contribution is 2.33. The second kappa shape index (κ2) is 22.7. The van der Waals surface area contributed by atoms with Crippen molar-refractivity contribution < 1.29 is 42.9 Å². The summed E-state index contributed by atoms with van der Waals surface area (Å²) in [6.45, 7) is 1.51. The van der Waals surface area contributed by atoms with Gasteiger partial charge in [-0.15, -0.1) is 0 Å². The molecule has 0 aliphatic carbocycles. The molecule has 0 aliphatic rings. The zero-order valence-corrected chi connectivity index (χ0v) is 30.7. The Kier molecular flexibility index (Phi) is 18.1. The van der Waals surface area contributed by atoms with E-state index in [0.717, 1.165) is 16.7 Å². The quantitative estimate of drug-likeness (QED) is 0.0702. The number of hydrogen-bond acceptors (Lipinski definition) is 12. The molecule has 1 amide bonds. The minimum absolute atomic E-state index is 0.0226. The van der Waals surface area contributed by atoms with Crippen molar-refractivity contribution >= 4 is 58.0 Å². The predicted molar refractivity (Wildman–Crippen MR) is 198 cm³/mol. The molecule has 11 nitrogen and oxygen atoms in total. The van der Waals surface area contributed by atoms with E-state index in [1.165, 1.54) is 16.7 Å². The van der Waals surface area contributed by atoms with Gasteiger partial charge in [-0.1, -0.05) is 115 Å². The summed E-state index contributed by atoms with van der Waals surface area (Å²) in [4.78, 5) is 63.6. The lowest BCUT2D eigenvalue weighted by Gasteiger charge is -2.25. The molecule has 0 heterocycles. The highest BCUT2D eigenvalue weighted by Gasteiger charge is 2.29. The van der Waals surface area contributed by atoms with Crippen LogP contribution in [-0.2, 0) is 56.1 Å². The zero-order chi connectivity index (χ0) is 37.6. The number of amides is 1. The van der Waals surface area contributed by atoms with Crippen LogP contribution < -0.4 is 0 Å². The molecule has 3 aromatic rings.